The number of halogens is 1. The average molecular weight is 299 g/mol. The Balaban J connectivity index is 2.17. The van der Waals surface area contributed by atoms with E-state index in [-0.39, 0.29) is 11.2 Å². The van der Waals surface area contributed by atoms with Crippen LogP contribution in [0, 0.1) is 6.92 Å². The molecule has 0 bridgehead atoms. The summed E-state index contributed by atoms with van der Waals surface area (Å²) in [5, 5.41) is 7.48. The Morgan fingerprint density at radius 3 is 2.58 bits per heavy atom. The molecule has 2 aromatic heterocycles. The van der Waals surface area contributed by atoms with E-state index < -0.39 is 9.05 Å². The molecular weight excluding hydrogens is 288 g/mol. The van der Waals surface area contributed by atoms with Crippen LogP contribution in [0.4, 0.5) is 0 Å². The van der Waals surface area contributed by atoms with Crippen molar-refractivity contribution in [2.24, 2.45) is 0 Å². The summed E-state index contributed by atoms with van der Waals surface area (Å²) in [4.78, 5) is 4.18. The zero-order valence-corrected chi connectivity index (χ0v) is 11.7. The maximum Gasteiger partial charge on any atom is 0.296 e. The summed E-state index contributed by atoms with van der Waals surface area (Å²) in [5.41, 5.74) is 1.61. The van der Waals surface area contributed by atoms with Crippen molar-refractivity contribution in [1.29, 1.82) is 0 Å². The Kier molecular flexibility index (Phi) is 2.83. The van der Waals surface area contributed by atoms with Crippen LogP contribution in [-0.4, -0.2) is 28.2 Å². The van der Waals surface area contributed by atoms with Gasteiger partial charge in [0.05, 0.1) is 0 Å². The Morgan fingerprint density at radius 2 is 2.05 bits per heavy atom. The number of pyridine rings is 1. The first-order valence-electron chi connectivity index (χ1n) is 5.79. The van der Waals surface area contributed by atoms with Gasteiger partial charge in [0.15, 0.2) is 5.82 Å². The third kappa shape index (κ3) is 2.35. The zero-order chi connectivity index (χ0) is 13.6. The second-order valence-electron chi connectivity index (χ2n) is 4.53. The molecule has 6 nitrogen and oxygen atoms in total. The van der Waals surface area contributed by atoms with Gasteiger partial charge in [-0.05, 0) is 31.9 Å². The summed E-state index contributed by atoms with van der Waals surface area (Å²) >= 11 is 0. The molecular formula is C11H11ClN4O2S. The van der Waals surface area contributed by atoms with Gasteiger partial charge in [-0.1, -0.05) is 0 Å². The van der Waals surface area contributed by atoms with Crippen LogP contribution in [0.25, 0.3) is 11.4 Å². The predicted octanol–water partition coefficient (Wildman–Crippen LogP) is 1.91. The largest absolute Gasteiger partial charge is 0.296 e. The number of hydrogen-bond acceptors (Lipinski definition) is 5. The van der Waals surface area contributed by atoms with Gasteiger partial charge in [-0.25, -0.2) is 8.42 Å². The molecule has 3 rings (SSSR count). The van der Waals surface area contributed by atoms with E-state index in [4.69, 9.17) is 10.7 Å². The minimum absolute atomic E-state index is 0.106. The maximum atomic E-state index is 11.5. The molecule has 19 heavy (non-hydrogen) atoms. The van der Waals surface area contributed by atoms with Crippen molar-refractivity contribution in [2.75, 3.05) is 0 Å². The van der Waals surface area contributed by atoms with Gasteiger partial charge in [-0.3, -0.25) is 9.55 Å². The molecule has 2 heterocycles. The van der Waals surface area contributed by atoms with Crippen molar-refractivity contribution >= 4 is 19.7 Å². The molecule has 0 radical (unpaired) electrons. The van der Waals surface area contributed by atoms with Crippen molar-refractivity contribution < 1.29 is 8.42 Å². The fourth-order valence-corrected chi connectivity index (χ4v) is 2.83. The van der Waals surface area contributed by atoms with E-state index in [2.05, 4.69) is 15.2 Å². The maximum absolute atomic E-state index is 11.5. The molecule has 1 saturated carbocycles. The summed E-state index contributed by atoms with van der Waals surface area (Å²) < 4.78 is 24.6. The lowest BCUT2D eigenvalue weighted by Gasteiger charge is -2.06. The SMILES string of the molecule is Cc1ccc(-c2nnc(S(=O)(=O)Cl)n2C2CC2)cn1. The Labute approximate surface area is 114 Å². The van der Waals surface area contributed by atoms with Gasteiger partial charge in [0.2, 0.25) is 0 Å². The number of aryl methyl sites for hydroxylation is 1. The lowest BCUT2D eigenvalue weighted by molar-refractivity contribution is 0.579. The molecule has 100 valence electrons. The molecule has 1 aliphatic rings. The molecule has 0 aliphatic heterocycles. The van der Waals surface area contributed by atoms with E-state index in [1.54, 1.807) is 10.8 Å². The highest BCUT2D eigenvalue weighted by Gasteiger charge is 2.34. The minimum atomic E-state index is -3.89. The van der Waals surface area contributed by atoms with E-state index in [0.717, 1.165) is 24.1 Å². The second-order valence-corrected chi connectivity index (χ2v) is 6.99. The molecule has 0 spiro atoms. The van der Waals surface area contributed by atoms with Crippen LogP contribution in [0.1, 0.15) is 24.6 Å². The normalized spacial score (nSPS) is 15.7. The first kappa shape index (κ1) is 12.6. The van der Waals surface area contributed by atoms with Crippen molar-refractivity contribution in [3.05, 3.63) is 24.0 Å². The summed E-state index contributed by atoms with van der Waals surface area (Å²) in [6.07, 6.45) is 3.47. The molecule has 0 atom stereocenters. The van der Waals surface area contributed by atoms with Gasteiger partial charge in [-0.2, -0.15) is 0 Å². The monoisotopic (exact) mass is 298 g/mol. The highest BCUT2D eigenvalue weighted by atomic mass is 35.7. The number of aromatic nitrogens is 4. The topological polar surface area (TPSA) is 77.7 Å². The first-order valence-corrected chi connectivity index (χ1v) is 8.10. The highest BCUT2D eigenvalue weighted by molar-refractivity contribution is 8.13. The number of nitrogens with zero attached hydrogens (tertiary/aromatic N) is 4. The van der Waals surface area contributed by atoms with Gasteiger partial charge in [0.25, 0.3) is 14.2 Å². The van der Waals surface area contributed by atoms with Gasteiger partial charge in [0.1, 0.15) is 0 Å². The summed E-state index contributed by atoms with van der Waals surface area (Å²) in [6, 6.07) is 3.79. The predicted molar refractivity (Wildman–Crippen MR) is 69.3 cm³/mol. The smallest absolute Gasteiger partial charge is 0.294 e. The summed E-state index contributed by atoms with van der Waals surface area (Å²) in [6.45, 7) is 1.88. The van der Waals surface area contributed by atoms with E-state index >= 15 is 0 Å². The van der Waals surface area contributed by atoms with Gasteiger partial charge in [-0.15, -0.1) is 10.2 Å². The average Bonchev–Trinajstić information content (AvgIpc) is 3.07. The van der Waals surface area contributed by atoms with E-state index in [1.165, 1.54) is 0 Å². The fraction of sp³-hybridized carbons (Fsp3) is 0.364. The van der Waals surface area contributed by atoms with Crippen LogP contribution in [0.2, 0.25) is 0 Å². The van der Waals surface area contributed by atoms with Gasteiger partial charge in [0, 0.05) is 34.2 Å². The Hall–Kier alpha value is -1.47. The van der Waals surface area contributed by atoms with Crippen molar-refractivity contribution in [3.8, 4) is 11.4 Å². The standard InChI is InChI=1S/C11H11ClN4O2S/c1-7-2-3-8(6-13-7)10-14-15-11(19(12,17)18)16(10)9-4-5-9/h2-3,6,9H,4-5H2,1H3. The molecule has 2 aromatic rings. The molecule has 0 amide bonds. The summed E-state index contributed by atoms with van der Waals surface area (Å²) in [7, 11) is 1.50. The first-order chi connectivity index (χ1) is 8.97. The zero-order valence-electron chi connectivity index (χ0n) is 10.1. The quantitative estimate of drug-likeness (QED) is 0.809. The van der Waals surface area contributed by atoms with Crippen LogP contribution < -0.4 is 0 Å². The highest BCUT2D eigenvalue weighted by Crippen LogP contribution is 2.40. The van der Waals surface area contributed by atoms with Crippen LogP contribution >= 0.6 is 10.7 Å². The van der Waals surface area contributed by atoms with Crippen LogP contribution in [0.5, 0.6) is 0 Å². The second kappa shape index (κ2) is 4.28. The van der Waals surface area contributed by atoms with E-state index in [0.29, 0.717) is 5.82 Å². The van der Waals surface area contributed by atoms with Crippen molar-refractivity contribution in [2.45, 2.75) is 31.0 Å². The van der Waals surface area contributed by atoms with E-state index in [9.17, 15) is 8.42 Å². The van der Waals surface area contributed by atoms with Crippen LogP contribution in [-0.2, 0) is 9.05 Å². The molecule has 0 unspecified atom stereocenters. The van der Waals surface area contributed by atoms with Crippen LogP contribution in [0.15, 0.2) is 23.5 Å². The third-order valence-electron chi connectivity index (χ3n) is 2.96. The lowest BCUT2D eigenvalue weighted by atomic mass is 10.2. The van der Waals surface area contributed by atoms with Crippen molar-refractivity contribution in [3.63, 3.8) is 0 Å². The molecule has 0 saturated heterocycles. The van der Waals surface area contributed by atoms with Crippen LogP contribution in [0.3, 0.4) is 0 Å². The third-order valence-corrected chi connectivity index (χ3v) is 4.09. The van der Waals surface area contributed by atoms with E-state index in [1.807, 2.05) is 19.1 Å². The number of hydrogen-bond donors (Lipinski definition) is 0. The minimum Gasteiger partial charge on any atom is -0.294 e. The number of rotatable bonds is 3. The molecule has 0 N–H and O–H groups in total. The Morgan fingerprint density at radius 1 is 1.32 bits per heavy atom. The van der Waals surface area contributed by atoms with Gasteiger partial charge >= 0.3 is 0 Å². The lowest BCUT2D eigenvalue weighted by Crippen LogP contribution is -2.06. The molecule has 1 fully saturated rings. The molecule has 0 aromatic carbocycles. The van der Waals surface area contributed by atoms with Crippen molar-refractivity contribution in [1.82, 2.24) is 19.7 Å². The molecule has 1 aliphatic carbocycles. The Bertz CT molecular complexity index is 720. The van der Waals surface area contributed by atoms with Gasteiger partial charge < -0.3 is 0 Å². The summed E-state index contributed by atoms with van der Waals surface area (Å²) in [5.74, 6) is 0.495. The molecule has 8 heteroatoms. The fourth-order valence-electron chi connectivity index (χ4n) is 1.90.